The Morgan fingerprint density at radius 2 is 1.40 bits per heavy atom. The second-order valence-electron chi connectivity index (χ2n) is 4.51. The maximum Gasteiger partial charge on any atom is 0.258 e. The number of benzene rings is 1. The first-order chi connectivity index (χ1) is 9.58. The number of rotatable bonds is 2. The molecule has 0 unspecified atom stereocenters. The van der Waals surface area contributed by atoms with Gasteiger partial charge >= 0.3 is 0 Å². The molecule has 0 spiro atoms. The van der Waals surface area contributed by atoms with Crippen LogP contribution < -0.4 is 4.90 Å². The van der Waals surface area contributed by atoms with E-state index in [0.29, 0.717) is 11.3 Å². The largest absolute Gasteiger partial charge is 0.294 e. The molecule has 1 aliphatic heterocycles. The van der Waals surface area contributed by atoms with Crippen LogP contribution in [-0.4, -0.2) is 23.4 Å². The summed E-state index contributed by atoms with van der Waals surface area (Å²) < 4.78 is 0. The van der Waals surface area contributed by atoms with Gasteiger partial charge in [0.25, 0.3) is 11.8 Å². The third-order valence-corrected chi connectivity index (χ3v) is 3.25. The van der Waals surface area contributed by atoms with Crippen LogP contribution in [0.4, 0.5) is 5.69 Å². The van der Waals surface area contributed by atoms with Crippen molar-refractivity contribution in [1.82, 2.24) is 0 Å². The predicted molar refractivity (Wildman–Crippen MR) is 70.0 cm³/mol. The third-order valence-electron chi connectivity index (χ3n) is 3.25. The second kappa shape index (κ2) is 4.38. The lowest BCUT2D eigenvalue weighted by atomic mass is 9.94. The lowest BCUT2D eigenvalue weighted by molar-refractivity contribution is -0.123. The molecule has 98 valence electrons. The summed E-state index contributed by atoms with van der Waals surface area (Å²) in [6.07, 6.45) is 4.85. The van der Waals surface area contributed by atoms with Crippen LogP contribution in [0.15, 0.2) is 48.6 Å². The average molecular weight is 267 g/mol. The predicted octanol–water partition coefficient (Wildman–Crippen LogP) is 0.908. The molecule has 3 rings (SSSR count). The van der Waals surface area contributed by atoms with Crippen molar-refractivity contribution >= 4 is 29.1 Å². The minimum absolute atomic E-state index is 0.288. The maximum atomic E-state index is 11.7. The van der Waals surface area contributed by atoms with Gasteiger partial charge in [-0.05, 0) is 29.8 Å². The molecule has 0 radical (unpaired) electrons. The van der Waals surface area contributed by atoms with Crippen molar-refractivity contribution in [1.29, 1.82) is 0 Å². The lowest BCUT2D eigenvalue weighted by Gasteiger charge is -2.16. The average Bonchev–Trinajstić information content (AvgIpc) is 2.93. The van der Waals surface area contributed by atoms with E-state index in [0.717, 1.165) is 4.90 Å². The minimum atomic E-state index is -0.865. The van der Waals surface area contributed by atoms with E-state index in [1.165, 1.54) is 30.4 Å². The molecule has 0 atom stereocenters. The smallest absolute Gasteiger partial charge is 0.258 e. The van der Waals surface area contributed by atoms with Crippen LogP contribution in [0.5, 0.6) is 0 Å². The molecule has 1 aliphatic carbocycles. The van der Waals surface area contributed by atoms with Crippen LogP contribution in [0.25, 0.3) is 0 Å². The normalized spacial score (nSPS) is 18.7. The molecular formula is C15H9NO4. The molecule has 0 saturated heterocycles. The number of ketones is 2. The van der Waals surface area contributed by atoms with Gasteiger partial charge in [-0.25, -0.2) is 4.90 Å². The SMILES string of the molecule is O=C1C=CC(=O)C1c1cccc(N2C(=O)C=CC2=O)c1. The van der Waals surface area contributed by atoms with Crippen LogP contribution in [-0.2, 0) is 19.2 Å². The zero-order valence-corrected chi connectivity index (χ0v) is 10.3. The monoisotopic (exact) mass is 267 g/mol. The molecule has 0 N–H and O–H groups in total. The third kappa shape index (κ3) is 1.80. The van der Waals surface area contributed by atoms with Crippen LogP contribution in [0.3, 0.4) is 0 Å². The van der Waals surface area contributed by atoms with E-state index >= 15 is 0 Å². The lowest BCUT2D eigenvalue weighted by Crippen LogP contribution is -2.29. The van der Waals surface area contributed by atoms with Gasteiger partial charge < -0.3 is 0 Å². The fraction of sp³-hybridized carbons (Fsp3) is 0.0667. The first-order valence-corrected chi connectivity index (χ1v) is 6.00. The van der Waals surface area contributed by atoms with Crippen LogP contribution >= 0.6 is 0 Å². The van der Waals surface area contributed by atoms with Gasteiger partial charge in [-0.3, -0.25) is 19.2 Å². The number of carbonyl (C=O) groups is 4. The van der Waals surface area contributed by atoms with Crippen molar-refractivity contribution in [3.63, 3.8) is 0 Å². The Balaban J connectivity index is 1.99. The van der Waals surface area contributed by atoms with E-state index in [1.807, 2.05) is 0 Å². The topological polar surface area (TPSA) is 71.5 Å². The summed E-state index contributed by atoms with van der Waals surface area (Å²) in [6, 6.07) is 6.36. The van der Waals surface area contributed by atoms with Gasteiger partial charge in [0.05, 0.1) is 5.69 Å². The van der Waals surface area contributed by atoms with Crippen molar-refractivity contribution in [2.45, 2.75) is 5.92 Å². The Morgan fingerprint density at radius 3 is 2.00 bits per heavy atom. The molecule has 2 amide bonds. The Bertz CT molecular complexity index is 621. The zero-order valence-electron chi connectivity index (χ0n) is 10.3. The fourth-order valence-electron chi connectivity index (χ4n) is 2.32. The van der Waals surface area contributed by atoms with E-state index in [1.54, 1.807) is 18.2 Å². The summed E-state index contributed by atoms with van der Waals surface area (Å²) in [5.41, 5.74) is 0.838. The van der Waals surface area contributed by atoms with Gasteiger partial charge in [-0.15, -0.1) is 0 Å². The molecule has 1 aromatic rings. The van der Waals surface area contributed by atoms with Gasteiger partial charge in [0.2, 0.25) is 0 Å². The van der Waals surface area contributed by atoms with Crippen molar-refractivity contribution in [2.24, 2.45) is 0 Å². The van der Waals surface area contributed by atoms with Gasteiger partial charge in [0, 0.05) is 12.2 Å². The fourth-order valence-corrected chi connectivity index (χ4v) is 2.32. The molecule has 1 heterocycles. The molecule has 0 fully saturated rings. The van der Waals surface area contributed by atoms with Crippen LogP contribution in [0.2, 0.25) is 0 Å². The Morgan fingerprint density at radius 1 is 0.800 bits per heavy atom. The highest BCUT2D eigenvalue weighted by atomic mass is 16.2. The summed E-state index contributed by atoms with van der Waals surface area (Å²) in [7, 11) is 0. The number of amides is 2. The van der Waals surface area contributed by atoms with Gasteiger partial charge in [-0.2, -0.15) is 0 Å². The summed E-state index contributed by atoms with van der Waals surface area (Å²) in [5.74, 6) is -2.31. The number of anilines is 1. The minimum Gasteiger partial charge on any atom is -0.294 e. The molecular weight excluding hydrogens is 258 g/mol. The molecule has 20 heavy (non-hydrogen) atoms. The second-order valence-corrected chi connectivity index (χ2v) is 4.51. The number of nitrogens with zero attached hydrogens (tertiary/aromatic N) is 1. The van der Waals surface area contributed by atoms with Gasteiger partial charge in [0.1, 0.15) is 5.92 Å². The van der Waals surface area contributed by atoms with E-state index in [4.69, 9.17) is 0 Å². The highest BCUT2D eigenvalue weighted by molar-refractivity contribution is 6.28. The standard InChI is InChI=1S/C15H9NO4/c17-11-4-5-12(18)15(11)9-2-1-3-10(8-9)16-13(19)6-7-14(16)20/h1-8,15H. The molecule has 0 bridgehead atoms. The van der Waals surface area contributed by atoms with E-state index in [2.05, 4.69) is 0 Å². The first-order valence-electron chi connectivity index (χ1n) is 6.00. The van der Waals surface area contributed by atoms with Crippen molar-refractivity contribution in [3.8, 4) is 0 Å². The highest BCUT2D eigenvalue weighted by Gasteiger charge is 2.31. The Hall–Kier alpha value is -2.82. The van der Waals surface area contributed by atoms with Crippen LogP contribution in [0, 0.1) is 0 Å². The number of hydrogen-bond donors (Lipinski definition) is 0. The number of allylic oxidation sites excluding steroid dienone is 2. The number of carbonyl (C=O) groups excluding carboxylic acids is 4. The van der Waals surface area contributed by atoms with Crippen molar-refractivity contribution < 1.29 is 19.2 Å². The van der Waals surface area contributed by atoms with Crippen molar-refractivity contribution in [2.75, 3.05) is 4.90 Å². The first kappa shape index (κ1) is 12.2. The molecule has 5 heteroatoms. The number of imide groups is 1. The summed E-state index contributed by atoms with van der Waals surface area (Å²) in [5, 5.41) is 0. The van der Waals surface area contributed by atoms with Crippen molar-refractivity contribution in [3.05, 3.63) is 54.1 Å². The van der Waals surface area contributed by atoms with Crippen LogP contribution in [0.1, 0.15) is 11.5 Å². The Kier molecular flexibility index (Phi) is 2.68. The summed E-state index contributed by atoms with van der Waals surface area (Å²) in [4.78, 5) is 47.6. The summed E-state index contributed by atoms with van der Waals surface area (Å²) >= 11 is 0. The van der Waals surface area contributed by atoms with E-state index in [9.17, 15) is 19.2 Å². The molecule has 2 aliphatic rings. The molecule has 5 nitrogen and oxygen atoms in total. The number of hydrogen-bond acceptors (Lipinski definition) is 4. The molecule has 0 saturated carbocycles. The van der Waals surface area contributed by atoms with E-state index in [-0.39, 0.29) is 11.6 Å². The quantitative estimate of drug-likeness (QED) is 0.589. The van der Waals surface area contributed by atoms with Gasteiger partial charge in [0.15, 0.2) is 11.6 Å². The van der Waals surface area contributed by atoms with Gasteiger partial charge in [-0.1, -0.05) is 12.1 Å². The highest BCUT2D eigenvalue weighted by Crippen LogP contribution is 2.28. The summed E-state index contributed by atoms with van der Waals surface area (Å²) in [6.45, 7) is 0. The maximum absolute atomic E-state index is 11.7. The van der Waals surface area contributed by atoms with E-state index < -0.39 is 17.7 Å². The Labute approximate surface area is 114 Å². The molecule has 0 aromatic heterocycles. The zero-order chi connectivity index (χ0) is 14.3. The molecule has 1 aromatic carbocycles.